The molecule has 0 unspecified atom stereocenters. The van der Waals surface area contributed by atoms with Crippen molar-refractivity contribution in [2.45, 2.75) is 19.3 Å². The molecule has 0 radical (unpaired) electrons. The fourth-order valence-electron chi connectivity index (χ4n) is 4.34. The van der Waals surface area contributed by atoms with Crippen LogP contribution in [0.25, 0.3) is 11.3 Å². The van der Waals surface area contributed by atoms with E-state index < -0.39 is 0 Å². The summed E-state index contributed by atoms with van der Waals surface area (Å²) >= 11 is 0. The van der Waals surface area contributed by atoms with Gasteiger partial charge < -0.3 is 9.80 Å². The highest BCUT2D eigenvalue weighted by Gasteiger charge is 2.25. The summed E-state index contributed by atoms with van der Waals surface area (Å²) in [6.45, 7) is 4.51. The molecule has 1 fully saturated rings. The van der Waals surface area contributed by atoms with Crippen molar-refractivity contribution in [3.63, 3.8) is 0 Å². The third-order valence-electron chi connectivity index (χ3n) is 6.04. The number of nitrogens with one attached hydrogen (secondary N) is 1. The third-order valence-corrected chi connectivity index (χ3v) is 6.04. The van der Waals surface area contributed by atoms with Crippen LogP contribution in [-0.2, 0) is 19.3 Å². The largest absolute Gasteiger partial charge is 0.369 e. The molecule has 3 aromatic rings. The summed E-state index contributed by atoms with van der Waals surface area (Å²) in [5.74, 6) is 0. The molecule has 5 rings (SSSR count). The molecule has 2 aromatic carbocycles. The molecular formula is C23H26N4. The summed E-state index contributed by atoms with van der Waals surface area (Å²) in [7, 11) is 2.20. The zero-order chi connectivity index (χ0) is 18.2. The number of anilines is 1. The van der Waals surface area contributed by atoms with Crippen LogP contribution in [0.3, 0.4) is 0 Å². The number of aromatic amines is 1. The Labute approximate surface area is 160 Å². The van der Waals surface area contributed by atoms with E-state index in [4.69, 9.17) is 0 Å². The van der Waals surface area contributed by atoms with Crippen LogP contribution in [0, 0.1) is 0 Å². The van der Waals surface area contributed by atoms with Gasteiger partial charge in [-0.3, -0.25) is 5.10 Å². The number of aromatic nitrogens is 2. The maximum absolute atomic E-state index is 4.66. The summed E-state index contributed by atoms with van der Waals surface area (Å²) in [5.41, 5.74) is 9.35. The Hall–Kier alpha value is -2.59. The summed E-state index contributed by atoms with van der Waals surface area (Å²) in [5, 5.41) is 7.96. The topological polar surface area (TPSA) is 35.2 Å². The zero-order valence-electron chi connectivity index (χ0n) is 15.9. The smallest absolute Gasteiger partial charge is 0.0961 e. The molecule has 0 amide bonds. The third kappa shape index (κ3) is 3.15. The van der Waals surface area contributed by atoms with Gasteiger partial charge in [0.25, 0.3) is 0 Å². The Morgan fingerprint density at radius 3 is 2.59 bits per heavy atom. The van der Waals surface area contributed by atoms with E-state index in [2.05, 4.69) is 75.6 Å². The highest BCUT2D eigenvalue weighted by Crippen LogP contribution is 2.39. The number of hydrogen-bond donors (Lipinski definition) is 1. The molecule has 2 heterocycles. The molecule has 0 saturated carbocycles. The number of benzene rings is 2. The number of rotatable bonds is 4. The van der Waals surface area contributed by atoms with E-state index in [9.17, 15) is 0 Å². The SMILES string of the molecule is CN1CCN(c2ccc3c(c2)Cc2c-3n[nH]c2CCc2ccccc2)CC1. The number of hydrogen-bond acceptors (Lipinski definition) is 3. The normalized spacial score (nSPS) is 16.4. The van der Waals surface area contributed by atoms with Crippen LogP contribution in [0.15, 0.2) is 48.5 Å². The minimum atomic E-state index is 1.01. The van der Waals surface area contributed by atoms with Crippen molar-refractivity contribution in [1.29, 1.82) is 0 Å². The van der Waals surface area contributed by atoms with Gasteiger partial charge in [-0.1, -0.05) is 36.4 Å². The Kier molecular flexibility index (Phi) is 4.21. The van der Waals surface area contributed by atoms with Gasteiger partial charge in [-0.05, 0) is 43.1 Å². The predicted octanol–water partition coefficient (Wildman–Crippen LogP) is 3.52. The molecule has 138 valence electrons. The average molecular weight is 358 g/mol. The minimum Gasteiger partial charge on any atom is -0.369 e. The van der Waals surface area contributed by atoms with E-state index in [1.54, 1.807) is 0 Å². The lowest BCUT2D eigenvalue weighted by molar-refractivity contribution is 0.313. The lowest BCUT2D eigenvalue weighted by Gasteiger charge is -2.34. The Morgan fingerprint density at radius 1 is 0.963 bits per heavy atom. The number of piperazine rings is 1. The predicted molar refractivity (Wildman–Crippen MR) is 110 cm³/mol. The Morgan fingerprint density at radius 2 is 1.78 bits per heavy atom. The van der Waals surface area contributed by atoms with Crippen LogP contribution >= 0.6 is 0 Å². The number of fused-ring (bicyclic) bond motifs is 3. The van der Waals surface area contributed by atoms with Gasteiger partial charge in [-0.15, -0.1) is 0 Å². The Bertz CT molecular complexity index is 936. The second-order valence-corrected chi connectivity index (χ2v) is 7.82. The van der Waals surface area contributed by atoms with Gasteiger partial charge in [0.05, 0.1) is 5.69 Å². The summed E-state index contributed by atoms with van der Waals surface area (Å²) < 4.78 is 0. The minimum absolute atomic E-state index is 1.01. The highest BCUT2D eigenvalue weighted by molar-refractivity contribution is 5.76. The first-order valence-electron chi connectivity index (χ1n) is 9.95. The molecular weight excluding hydrogens is 332 g/mol. The van der Waals surface area contributed by atoms with Crippen molar-refractivity contribution in [3.05, 3.63) is 70.9 Å². The average Bonchev–Trinajstić information content (AvgIpc) is 3.26. The fourth-order valence-corrected chi connectivity index (χ4v) is 4.34. The van der Waals surface area contributed by atoms with E-state index in [0.29, 0.717) is 0 Å². The molecule has 4 nitrogen and oxygen atoms in total. The van der Waals surface area contributed by atoms with Gasteiger partial charge in [0.1, 0.15) is 0 Å². The van der Waals surface area contributed by atoms with Crippen molar-refractivity contribution < 1.29 is 0 Å². The van der Waals surface area contributed by atoms with Crippen molar-refractivity contribution in [2.24, 2.45) is 0 Å². The van der Waals surface area contributed by atoms with Gasteiger partial charge in [-0.2, -0.15) is 5.10 Å². The molecule has 1 aliphatic heterocycles. The van der Waals surface area contributed by atoms with Crippen molar-refractivity contribution in [1.82, 2.24) is 15.1 Å². The molecule has 2 aliphatic rings. The lowest BCUT2D eigenvalue weighted by atomic mass is 10.0. The summed E-state index contributed by atoms with van der Waals surface area (Å²) in [6, 6.07) is 17.6. The van der Waals surface area contributed by atoms with Gasteiger partial charge in [-0.25, -0.2) is 0 Å². The molecule has 0 spiro atoms. The maximum Gasteiger partial charge on any atom is 0.0961 e. The first-order chi connectivity index (χ1) is 13.3. The van der Waals surface area contributed by atoms with Crippen LogP contribution in [0.5, 0.6) is 0 Å². The number of aryl methyl sites for hydroxylation is 2. The molecule has 0 bridgehead atoms. The van der Waals surface area contributed by atoms with Gasteiger partial charge in [0.15, 0.2) is 0 Å². The molecule has 27 heavy (non-hydrogen) atoms. The van der Waals surface area contributed by atoms with Gasteiger partial charge in [0, 0.05) is 55.1 Å². The standard InChI is InChI=1S/C23H26N4/c1-26-11-13-27(14-12-26)19-8-9-20-18(15-19)16-21-22(24-25-23(20)21)10-7-17-5-3-2-4-6-17/h2-6,8-9,15H,7,10-14,16H2,1H3,(H,24,25). The fraction of sp³-hybridized carbons (Fsp3) is 0.348. The molecule has 1 N–H and O–H groups in total. The second-order valence-electron chi connectivity index (χ2n) is 7.82. The van der Waals surface area contributed by atoms with Crippen LogP contribution in [0.2, 0.25) is 0 Å². The van der Waals surface area contributed by atoms with Crippen LogP contribution in [0.4, 0.5) is 5.69 Å². The molecule has 1 aliphatic carbocycles. The van der Waals surface area contributed by atoms with Crippen molar-refractivity contribution >= 4 is 5.69 Å². The van der Waals surface area contributed by atoms with Crippen LogP contribution in [-0.4, -0.2) is 48.3 Å². The first-order valence-corrected chi connectivity index (χ1v) is 9.95. The number of nitrogens with zero attached hydrogens (tertiary/aromatic N) is 3. The van der Waals surface area contributed by atoms with E-state index in [-0.39, 0.29) is 0 Å². The molecule has 4 heteroatoms. The zero-order valence-corrected chi connectivity index (χ0v) is 15.9. The first kappa shape index (κ1) is 16.6. The van der Waals surface area contributed by atoms with Crippen molar-refractivity contribution in [2.75, 3.05) is 38.1 Å². The molecule has 1 saturated heterocycles. The van der Waals surface area contributed by atoms with Crippen LogP contribution < -0.4 is 4.90 Å². The number of likely N-dealkylation sites (N-methyl/N-ethyl adjacent to an activating group) is 1. The van der Waals surface area contributed by atoms with Crippen molar-refractivity contribution in [3.8, 4) is 11.3 Å². The number of H-pyrrole nitrogens is 1. The van der Waals surface area contributed by atoms with Gasteiger partial charge >= 0.3 is 0 Å². The Balaban J connectivity index is 1.34. The lowest BCUT2D eigenvalue weighted by Crippen LogP contribution is -2.44. The van der Waals surface area contributed by atoms with Gasteiger partial charge in [0.2, 0.25) is 0 Å². The van der Waals surface area contributed by atoms with E-state index in [0.717, 1.165) is 51.1 Å². The second kappa shape index (κ2) is 6.86. The molecule has 0 atom stereocenters. The highest BCUT2D eigenvalue weighted by atomic mass is 15.2. The van der Waals surface area contributed by atoms with E-state index in [1.165, 1.54) is 33.6 Å². The molecule has 1 aromatic heterocycles. The summed E-state index contributed by atoms with van der Waals surface area (Å²) in [6.07, 6.45) is 3.08. The maximum atomic E-state index is 4.66. The monoisotopic (exact) mass is 358 g/mol. The quantitative estimate of drug-likeness (QED) is 0.606. The summed E-state index contributed by atoms with van der Waals surface area (Å²) in [4.78, 5) is 4.91. The van der Waals surface area contributed by atoms with E-state index >= 15 is 0 Å². The van der Waals surface area contributed by atoms with Crippen LogP contribution in [0.1, 0.15) is 22.4 Å². The van der Waals surface area contributed by atoms with E-state index in [1.807, 2.05) is 0 Å².